The van der Waals surface area contributed by atoms with Crippen LogP contribution in [0.2, 0.25) is 0 Å². The van der Waals surface area contributed by atoms with Crippen molar-refractivity contribution in [3.63, 3.8) is 0 Å². The van der Waals surface area contributed by atoms with E-state index < -0.39 is 6.10 Å². The number of aromatic nitrogens is 2. The third-order valence-corrected chi connectivity index (χ3v) is 5.08. The summed E-state index contributed by atoms with van der Waals surface area (Å²) in [6, 6.07) is 2.12. The smallest absolute Gasteiger partial charge is 0.132 e. The van der Waals surface area contributed by atoms with Gasteiger partial charge < -0.3 is 5.11 Å². The van der Waals surface area contributed by atoms with Crippen LogP contribution in [0.15, 0.2) is 24.7 Å². The van der Waals surface area contributed by atoms with Crippen LogP contribution in [0, 0.1) is 0 Å². The largest absolute Gasteiger partial charge is 0.381 e. The van der Waals surface area contributed by atoms with E-state index >= 15 is 0 Å². The zero-order valence-electron chi connectivity index (χ0n) is 9.17. The van der Waals surface area contributed by atoms with Gasteiger partial charge in [-0.2, -0.15) is 11.8 Å². The molecule has 0 radical (unpaired) electrons. The average molecular weight is 264 g/mol. The summed E-state index contributed by atoms with van der Waals surface area (Å²) in [5.41, 5.74) is 2.00. The lowest BCUT2D eigenvalue weighted by molar-refractivity contribution is 0.218. The van der Waals surface area contributed by atoms with Crippen LogP contribution in [0.3, 0.4) is 0 Å². The van der Waals surface area contributed by atoms with E-state index in [0.29, 0.717) is 5.69 Å². The van der Waals surface area contributed by atoms with E-state index in [1.54, 1.807) is 29.9 Å². The van der Waals surface area contributed by atoms with Crippen molar-refractivity contribution < 1.29 is 5.11 Å². The number of hydrogen-bond acceptors (Lipinski definition) is 5. The molecule has 88 valence electrons. The predicted octanol–water partition coefficient (Wildman–Crippen LogP) is 2.41. The number of thiophene rings is 1. The molecule has 1 atom stereocenters. The summed E-state index contributed by atoms with van der Waals surface area (Å²) >= 11 is 3.66. The molecule has 5 heteroatoms. The maximum Gasteiger partial charge on any atom is 0.132 e. The van der Waals surface area contributed by atoms with E-state index in [-0.39, 0.29) is 0 Å². The topological polar surface area (TPSA) is 46.0 Å². The van der Waals surface area contributed by atoms with Gasteiger partial charge in [-0.3, -0.25) is 9.97 Å². The van der Waals surface area contributed by atoms with Crippen molar-refractivity contribution in [1.29, 1.82) is 0 Å². The Morgan fingerprint density at radius 1 is 1.35 bits per heavy atom. The van der Waals surface area contributed by atoms with Crippen molar-refractivity contribution in [2.45, 2.75) is 18.3 Å². The summed E-state index contributed by atoms with van der Waals surface area (Å²) in [5, 5.41) is 10.2. The highest BCUT2D eigenvalue weighted by atomic mass is 32.2. The summed E-state index contributed by atoms with van der Waals surface area (Å²) < 4.78 is 0. The fraction of sp³-hybridized carbons (Fsp3) is 0.333. The molecule has 1 unspecified atom stereocenters. The van der Waals surface area contributed by atoms with Gasteiger partial charge in [0.1, 0.15) is 6.10 Å². The van der Waals surface area contributed by atoms with Crippen molar-refractivity contribution in [1.82, 2.24) is 9.97 Å². The van der Waals surface area contributed by atoms with Crippen LogP contribution in [0.4, 0.5) is 0 Å². The maximum absolute atomic E-state index is 10.2. The molecule has 0 bridgehead atoms. The Balaban J connectivity index is 1.91. The van der Waals surface area contributed by atoms with Gasteiger partial charge in [0.25, 0.3) is 0 Å². The van der Waals surface area contributed by atoms with Gasteiger partial charge in [-0.15, -0.1) is 11.3 Å². The normalized spacial score (nSPS) is 16.5. The molecular formula is C12H12N2OS2. The Morgan fingerprint density at radius 2 is 2.29 bits per heavy atom. The Morgan fingerprint density at radius 3 is 3.06 bits per heavy atom. The fourth-order valence-corrected chi connectivity index (χ4v) is 4.28. The molecule has 0 spiro atoms. The molecule has 0 saturated heterocycles. The van der Waals surface area contributed by atoms with Gasteiger partial charge in [-0.05, 0) is 23.8 Å². The van der Waals surface area contributed by atoms with Crippen molar-refractivity contribution in [3.8, 4) is 0 Å². The van der Waals surface area contributed by atoms with Crippen LogP contribution in [0.25, 0.3) is 0 Å². The molecule has 0 fully saturated rings. The van der Waals surface area contributed by atoms with E-state index in [1.165, 1.54) is 16.2 Å². The summed E-state index contributed by atoms with van der Waals surface area (Å²) in [6.45, 7) is 0. The molecule has 1 N–H and O–H groups in total. The van der Waals surface area contributed by atoms with Crippen molar-refractivity contribution in [2.75, 3.05) is 5.75 Å². The van der Waals surface area contributed by atoms with E-state index in [2.05, 4.69) is 16.0 Å². The lowest BCUT2D eigenvalue weighted by Gasteiger charge is -2.08. The van der Waals surface area contributed by atoms with Gasteiger partial charge in [0, 0.05) is 27.9 Å². The number of rotatable bonds is 2. The highest BCUT2D eigenvalue weighted by molar-refractivity contribution is 7.98. The standard InChI is InChI=1S/C12H12N2OS2/c15-12(9-6-13-2-3-14-9)11-5-8-7-16-4-1-10(8)17-11/h2-3,5-6,12,15H,1,4,7H2. The molecule has 0 amide bonds. The monoisotopic (exact) mass is 264 g/mol. The molecule has 2 aromatic rings. The van der Waals surface area contributed by atoms with Gasteiger partial charge >= 0.3 is 0 Å². The van der Waals surface area contributed by atoms with Gasteiger partial charge in [0.15, 0.2) is 0 Å². The quantitative estimate of drug-likeness (QED) is 0.905. The van der Waals surface area contributed by atoms with E-state index in [9.17, 15) is 5.11 Å². The molecule has 3 rings (SSSR count). The van der Waals surface area contributed by atoms with E-state index in [0.717, 1.165) is 17.1 Å². The van der Waals surface area contributed by atoms with Crippen molar-refractivity contribution >= 4 is 23.1 Å². The summed E-state index contributed by atoms with van der Waals surface area (Å²) in [6.07, 6.45) is 5.34. The van der Waals surface area contributed by atoms with Gasteiger partial charge in [-0.1, -0.05) is 0 Å². The Bertz CT molecular complexity index is 489. The fourth-order valence-electron chi connectivity index (χ4n) is 1.90. The minimum atomic E-state index is -0.635. The number of aliphatic hydroxyl groups excluding tert-OH is 1. The molecule has 3 heterocycles. The molecule has 1 aliphatic heterocycles. The SMILES string of the molecule is OC(c1cnccn1)c1cc2c(s1)CCSC2. The van der Waals surface area contributed by atoms with Crippen molar-refractivity contribution in [3.05, 3.63) is 45.7 Å². The zero-order valence-corrected chi connectivity index (χ0v) is 10.8. The Kier molecular flexibility index (Phi) is 3.13. The Hall–Kier alpha value is -0.910. The highest BCUT2D eigenvalue weighted by Crippen LogP contribution is 2.35. The van der Waals surface area contributed by atoms with Crippen LogP contribution in [0.5, 0.6) is 0 Å². The number of fused-ring (bicyclic) bond motifs is 1. The summed E-state index contributed by atoms with van der Waals surface area (Å²) in [5.74, 6) is 2.26. The minimum Gasteiger partial charge on any atom is -0.381 e. The number of aryl methyl sites for hydroxylation is 1. The lowest BCUT2D eigenvalue weighted by atomic mass is 10.1. The zero-order chi connectivity index (χ0) is 11.7. The van der Waals surface area contributed by atoms with Crippen LogP contribution in [0.1, 0.15) is 27.1 Å². The second kappa shape index (κ2) is 4.76. The molecular weight excluding hydrogens is 252 g/mol. The van der Waals surface area contributed by atoms with Crippen LogP contribution in [-0.2, 0) is 12.2 Å². The second-order valence-electron chi connectivity index (χ2n) is 3.93. The predicted molar refractivity (Wildman–Crippen MR) is 70.3 cm³/mol. The molecule has 0 saturated carbocycles. The minimum absolute atomic E-state index is 0.624. The van der Waals surface area contributed by atoms with Crippen molar-refractivity contribution in [2.24, 2.45) is 0 Å². The molecule has 2 aromatic heterocycles. The molecule has 1 aliphatic rings. The summed E-state index contributed by atoms with van der Waals surface area (Å²) in [4.78, 5) is 10.5. The first-order chi connectivity index (χ1) is 8.34. The van der Waals surface area contributed by atoms with Gasteiger partial charge in [-0.25, -0.2) is 0 Å². The third-order valence-electron chi connectivity index (χ3n) is 2.78. The lowest BCUT2D eigenvalue weighted by Crippen LogP contribution is -2.00. The first-order valence-corrected chi connectivity index (χ1v) is 7.45. The third kappa shape index (κ3) is 2.22. The van der Waals surface area contributed by atoms with Crippen LogP contribution < -0.4 is 0 Å². The number of thioether (sulfide) groups is 1. The molecule has 3 nitrogen and oxygen atoms in total. The van der Waals surface area contributed by atoms with Crippen LogP contribution >= 0.6 is 23.1 Å². The number of nitrogens with zero attached hydrogens (tertiary/aromatic N) is 2. The number of hydrogen-bond donors (Lipinski definition) is 1. The van der Waals surface area contributed by atoms with E-state index in [4.69, 9.17) is 0 Å². The highest BCUT2D eigenvalue weighted by Gasteiger charge is 2.19. The first-order valence-electron chi connectivity index (χ1n) is 5.48. The van der Waals surface area contributed by atoms with Crippen LogP contribution in [-0.4, -0.2) is 20.8 Å². The molecule has 17 heavy (non-hydrogen) atoms. The first kappa shape index (κ1) is 11.2. The molecule has 0 aromatic carbocycles. The number of aliphatic hydroxyl groups is 1. The maximum atomic E-state index is 10.2. The Labute approximate surface area is 108 Å². The van der Waals surface area contributed by atoms with E-state index in [1.807, 2.05) is 11.8 Å². The van der Waals surface area contributed by atoms with Gasteiger partial charge in [0.05, 0.1) is 11.9 Å². The molecule has 0 aliphatic carbocycles. The van der Waals surface area contributed by atoms with Gasteiger partial charge in [0.2, 0.25) is 0 Å². The average Bonchev–Trinajstić information content (AvgIpc) is 2.82. The second-order valence-corrected chi connectivity index (χ2v) is 6.21. The summed E-state index contributed by atoms with van der Waals surface area (Å²) in [7, 11) is 0.